The van der Waals surface area contributed by atoms with E-state index in [1.807, 2.05) is 6.08 Å². The van der Waals surface area contributed by atoms with Crippen LogP contribution in [-0.2, 0) is 0 Å². The summed E-state index contributed by atoms with van der Waals surface area (Å²) in [5.41, 5.74) is -0.337. The lowest BCUT2D eigenvalue weighted by Gasteiger charge is -2.42. The van der Waals surface area contributed by atoms with Gasteiger partial charge in [-0.1, -0.05) is 38.7 Å². The average Bonchev–Trinajstić information content (AvgIpc) is 3.32. The van der Waals surface area contributed by atoms with Crippen molar-refractivity contribution in [3.8, 4) is 11.5 Å². The number of halogens is 2. The average molecular weight is 461 g/mol. The van der Waals surface area contributed by atoms with Crippen molar-refractivity contribution in [2.45, 2.75) is 102 Å². The summed E-state index contributed by atoms with van der Waals surface area (Å²) in [7, 11) is 0. The second-order valence-electron chi connectivity index (χ2n) is 10.9. The largest absolute Gasteiger partial charge is 0.490 e. The maximum atomic E-state index is 15.1. The van der Waals surface area contributed by atoms with Crippen LogP contribution in [0.4, 0.5) is 8.78 Å². The number of ether oxygens (including phenoxy) is 2. The smallest absolute Gasteiger partial charge is 0.204 e. The summed E-state index contributed by atoms with van der Waals surface area (Å²) in [5.74, 6) is 0.496. The minimum Gasteiger partial charge on any atom is -0.490 e. The molecule has 0 saturated heterocycles. The van der Waals surface area contributed by atoms with Crippen molar-refractivity contribution < 1.29 is 18.3 Å². The minimum atomic E-state index is -0.910. The zero-order valence-corrected chi connectivity index (χ0v) is 20.4. The number of hydrogen-bond donors (Lipinski definition) is 0. The van der Waals surface area contributed by atoms with Crippen LogP contribution in [0.15, 0.2) is 24.8 Å². The second kappa shape index (κ2) is 11.2. The van der Waals surface area contributed by atoms with E-state index in [4.69, 9.17) is 9.47 Å². The highest BCUT2D eigenvalue weighted by atomic mass is 19.2. The molecule has 33 heavy (non-hydrogen) atoms. The third kappa shape index (κ3) is 5.74. The van der Waals surface area contributed by atoms with Crippen molar-refractivity contribution in [2.75, 3.05) is 6.61 Å². The van der Waals surface area contributed by atoms with Crippen LogP contribution in [0.25, 0.3) is 0 Å². The molecule has 4 rings (SSSR count). The molecule has 3 saturated carbocycles. The van der Waals surface area contributed by atoms with E-state index in [1.54, 1.807) is 12.1 Å². The number of rotatable bonds is 9. The van der Waals surface area contributed by atoms with Gasteiger partial charge in [-0.2, -0.15) is 8.78 Å². The molecule has 184 valence electrons. The predicted octanol–water partition coefficient (Wildman–Crippen LogP) is 8.63. The normalized spacial score (nSPS) is 29.5. The van der Waals surface area contributed by atoms with Gasteiger partial charge >= 0.3 is 0 Å². The van der Waals surface area contributed by atoms with Gasteiger partial charge in [-0.3, -0.25) is 0 Å². The quantitative estimate of drug-likeness (QED) is 0.343. The van der Waals surface area contributed by atoms with Gasteiger partial charge in [0, 0.05) is 0 Å². The lowest BCUT2D eigenvalue weighted by atomic mass is 9.71. The van der Waals surface area contributed by atoms with Crippen LogP contribution in [0, 0.1) is 35.3 Å². The van der Waals surface area contributed by atoms with Gasteiger partial charge in [-0.25, -0.2) is 0 Å². The third-order valence-corrected chi connectivity index (χ3v) is 8.76. The Hall–Kier alpha value is -1.58. The molecule has 0 radical (unpaired) electrons. The molecule has 3 aliphatic rings. The van der Waals surface area contributed by atoms with E-state index in [0.717, 1.165) is 70.1 Å². The van der Waals surface area contributed by atoms with Gasteiger partial charge in [0.25, 0.3) is 0 Å². The highest BCUT2D eigenvalue weighted by Gasteiger charge is 2.45. The first-order chi connectivity index (χ1) is 16.0. The molecule has 2 nitrogen and oxygen atoms in total. The molecule has 0 amide bonds. The molecule has 1 aromatic carbocycles. The Morgan fingerprint density at radius 3 is 2.15 bits per heavy atom. The summed E-state index contributed by atoms with van der Waals surface area (Å²) in [6.45, 7) is 6.57. The lowest BCUT2D eigenvalue weighted by molar-refractivity contribution is -0.0127. The molecule has 0 N–H and O–H groups in total. The summed E-state index contributed by atoms with van der Waals surface area (Å²) >= 11 is 0. The minimum absolute atomic E-state index is 0.00578. The monoisotopic (exact) mass is 460 g/mol. The van der Waals surface area contributed by atoms with Gasteiger partial charge in [0.15, 0.2) is 11.5 Å². The zero-order valence-electron chi connectivity index (χ0n) is 20.4. The van der Waals surface area contributed by atoms with Crippen LogP contribution in [0.3, 0.4) is 0 Å². The Bertz CT molecular complexity index is 770. The Morgan fingerprint density at radius 2 is 1.52 bits per heavy atom. The van der Waals surface area contributed by atoms with E-state index in [9.17, 15) is 4.39 Å². The predicted molar refractivity (Wildman–Crippen MR) is 130 cm³/mol. The van der Waals surface area contributed by atoms with E-state index >= 15 is 4.39 Å². The van der Waals surface area contributed by atoms with E-state index in [2.05, 4.69) is 13.5 Å². The van der Waals surface area contributed by atoms with Crippen LogP contribution >= 0.6 is 0 Å². The summed E-state index contributed by atoms with van der Waals surface area (Å²) in [4.78, 5) is 0. The summed E-state index contributed by atoms with van der Waals surface area (Å²) in [5, 5.41) is 0. The van der Waals surface area contributed by atoms with Gasteiger partial charge < -0.3 is 9.47 Å². The Balaban J connectivity index is 1.39. The molecule has 4 heteroatoms. The van der Waals surface area contributed by atoms with Gasteiger partial charge in [-0.05, 0) is 100 Å². The fourth-order valence-corrected chi connectivity index (χ4v) is 6.67. The third-order valence-electron chi connectivity index (χ3n) is 8.76. The number of benzene rings is 1. The Morgan fingerprint density at radius 1 is 0.909 bits per heavy atom. The molecule has 1 aromatic rings. The fourth-order valence-electron chi connectivity index (χ4n) is 6.67. The summed E-state index contributed by atoms with van der Waals surface area (Å²) < 4.78 is 42.1. The first-order valence-electron chi connectivity index (χ1n) is 13.5. The maximum absolute atomic E-state index is 15.1. The lowest BCUT2D eigenvalue weighted by Crippen LogP contribution is -2.43. The van der Waals surface area contributed by atoms with Crippen LogP contribution in [0.2, 0.25) is 0 Å². The van der Waals surface area contributed by atoms with E-state index in [-0.39, 0.29) is 17.1 Å². The Kier molecular flexibility index (Phi) is 8.35. The fraction of sp³-hybridized carbons (Fsp3) is 0.724. The number of hydrogen-bond acceptors (Lipinski definition) is 2. The molecule has 0 aliphatic heterocycles. The van der Waals surface area contributed by atoms with Crippen LogP contribution in [-0.4, -0.2) is 12.2 Å². The molecule has 0 atom stereocenters. The van der Waals surface area contributed by atoms with Crippen LogP contribution in [0.5, 0.6) is 11.5 Å². The van der Waals surface area contributed by atoms with Crippen molar-refractivity contribution >= 4 is 0 Å². The van der Waals surface area contributed by atoms with Crippen molar-refractivity contribution in [1.82, 2.24) is 0 Å². The Labute approximate surface area is 199 Å². The highest BCUT2D eigenvalue weighted by molar-refractivity contribution is 5.35. The van der Waals surface area contributed by atoms with Gasteiger partial charge in [-0.15, -0.1) is 6.58 Å². The molecule has 0 aromatic heterocycles. The molecule has 0 spiro atoms. The van der Waals surface area contributed by atoms with Crippen molar-refractivity contribution in [2.24, 2.45) is 23.7 Å². The molecule has 0 bridgehead atoms. The standard InChI is InChI=1S/C29H42F2O2/c1-3-7-22-12-14-24(15-13-22)29(18-5-6-19-29)33-26-17-16-25(27(30)28(26)31)32-20-23-10-8-21(4-2)9-11-23/h4,16-17,21-24H,2-3,5-15,18-20H2,1H3. The second-order valence-corrected chi connectivity index (χ2v) is 10.9. The van der Waals surface area contributed by atoms with Gasteiger partial charge in [0.1, 0.15) is 5.60 Å². The van der Waals surface area contributed by atoms with Crippen molar-refractivity contribution in [1.29, 1.82) is 0 Å². The van der Waals surface area contributed by atoms with Crippen molar-refractivity contribution in [3.63, 3.8) is 0 Å². The van der Waals surface area contributed by atoms with Crippen LogP contribution in [0.1, 0.15) is 96.8 Å². The first-order valence-corrected chi connectivity index (χ1v) is 13.5. The van der Waals surface area contributed by atoms with E-state index < -0.39 is 11.6 Å². The number of allylic oxidation sites excluding steroid dienone is 1. The molecular weight excluding hydrogens is 418 g/mol. The van der Waals surface area contributed by atoms with Gasteiger partial charge in [0.2, 0.25) is 11.6 Å². The van der Waals surface area contributed by atoms with Crippen LogP contribution < -0.4 is 9.47 Å². The maximum Gasteiger partial charge on any atom is 0.204 e. The molecular formula is C29H42F2O2. The van der Waals surface area contributed by atoms with E-state index in [0.29, 0.717) is 24.4 Å². The topological polar surface area (TPSA) is 18.5 Å². The first kappa shape index (κ1) is 24.5. The highest BCUT2D eigenvalue weighted by Crippen LogP contribution is 2.48. The summed E-state index contributed by atoms with van der Waals surface area (Å²) in [6.07, 6.45) is 17.7. The molecule has 0 heterocycles. The summed E-state index contributed by atoms with van der Waals surface area (Å²) in [6, 6.07) is 3.15. The van der Waals surface area contributed by atoms with Gasteiger partial charge in [0.05, 0.1) is 6.61 Å². The van der Waals surface area contributed by atoms with E-state index in [1.165, 1.54) is 25.7 Å². The molecule has 0 unspecified atom stereocenters. The zero-order chi connectivity index (χ0) is 23.3. The molecule has 3 aliphatic carbocycles. The SMILES string of the molecule is C=CC1CCC(COc2ccc(OC3(C4CCC(CCC)CC4)CCCC3)c(F)c2F)CC1. The van der Waals surface area contributed by atoms with Crippen molar-refractivity contribution in [3.05, 3.63) is 36.4 Å². The molecule has 3 fully saturated rings.